The van der Waals surface area contributed by atoms with Crippen LogP contribution in [0.5, 0.6) is 0 Å². The van der Waals surface area contributed by atoms with Crippen molar-refractivity contribution < 1.29 is 4.79 Å². The van der Waals surface area contributed by atoms with Gasteiger partial charge in [-0.05, 0) is 12.8 Å². The van der Waals surface area contributed by atoms with E-state index in [1.807, 2.05) is 0 Å². The molecular formula is C9H12O. The highest BCUT2D eigenvalue weighted by atomic mass is 16.1. The third-order valence-electron chi connectivity index (χ3n) is 2.04. The Kier molecular flexibility index (Phi) is 2.05. The summed E-state index contributed by atoms with van der Waals surface area (Å²) < 4.78 is 0. The molecule has 1 nitrogen and oxygen atoms in total. The Balaban J connectivity index is 2.47. The first kappa shape index (κ1) is 7.26. The lowest BCUT2D eigenvalue weighted by Gasteiger charge is -2.23. The van der Waals surface area contributed by atoms with Crippen LogP contribution < -0.4 is 0 Å². The summed E-state index contributed by atoms with van der Waals surface area (Å²) in [6.07, 6.45) is 4.83. The molecule has 1 aliphatic rings. The van der Waals surface area contributed by atoms with Crippen LogP contribution in [-0.4, -0.2) is 5.78 Å². The van der Waals surface area contributed by atoms with Gasteiger partial charge in [0.15, 0.2) is 5.78 Å². The Labute approximate surface area is 61.4 Å². The zero-order valence-electron chi connectivity index (χ0n) is 6.10. The van der Waals surface area contributed by atoms with Gasteiger partial charge in [-0.3, -0.25) is 4.79 Å². The average Bonchev–Trinajstić information content (AvgIpc) is 1.82. The lowest BCUT2D eigenvalue weighted by Crippen LogP contribution is -2.22. The molecule has 0 saturated heterocycles. The number of hydrogen-bond acceptors (Lipinski definition) is 1. The number of rotatable bonds is 3. The maximum Gasteiger partial charge on any atom is 0.165 e. The molecule has 0 unspecified atom stereocenters. The number of hydrogen-bond donors (Lipinski definition) is 0. The molecule has 0 spiro atoms. The number of carbonyl (C=O) groups excluding carboxylic acids is 1. The highest BCUT2D eigenvalue weighted by Crippen LogP contribution is 2.29. The summed E-state index contributed by atoms with van der Waals surface area (Å²) in [6.45, 7) is 7.11. The van der Waals surface area contributed by atoms with Gasteiger partial charge in [-0.25, -0.2) is 0 Å². The molecule has 54 valence electrons. The molecular weight excluding hydrogens is 124 g/mol. The summed E-state index contributed by atoms with van der Waals surface area (Å²) in [5.41, 5.74) is 0.574. The number of Topliss-reactive ketones (excluding diaryl/α,β-unsaturated/α-hetero) is 1. The molecule has 0 heterocycles. The molecule has 0 radical (unpaired) electrons. The van der Waals surface area contributed by atoms with Crippen molar-refractivity contribution in [2.75, 3.05) is 0 Å². The molecule has 1 rings (SSSR count). The summed E-state index contributed by atoms with van der Waals surface area (Å²) in [7, 11) is 0. The van der Waals surface area contributed by atoms with Crippen LogP contribution in [0.4, 0.5) is 0 Å². The Morgan fingerprint density at radius 3 is 2.40 bits per heavy atom. The first-order valence-corrected chi connectivity index (χ1v) is 3.61. The van der Waals surface area contributed by atoms with Gasteiger partial charge < -0.3 is 0 Å². The van der Waals surface area contributed by atoms with Crippen molar-refractivity contribution in [3.8, 4) is 0 Å². The van der Waals surface area contributed by atoms with Gasteiger partial charge in [-0.2, -0.15) is 0 Å². The minimum Gasteiger partial charge on any atom is -0.294 e. The fraction of sp³-hybridized carbons (Fsp3) is 0.444. The molecule has 1 saturated carbocycles. The third kappa shape index (κ3) is 1.18. The molecule has 10 heavy (non-hydrogen) atoms. The number of allylic oxidation sites excluding steroid dienone is 2. The normalized spacial score (nSPS) is 17.6. The zero-order chi connectivity index (χ0) is 7.56. The highest BCUT2D eigenvalue weighted by Gasteiger charge is 2.25. The lowest BCUT2D eigenvalue weighted by atomic mass is 9.80. The molecule has 0 N–H and O–H groups in total. The fourth-order valence-electron chi connectivity index (χ4n) is 1.03. The van der Waals surface area contributed by atoms with Crippen molar-refractivity contribution in [3.63, 3.8) is 0 Å². The van der Waals surface area contributed by atoms with Crippen LogP contribution in [0.3, 0.4) is 0 Å². The zero-order valence-corrected chi connectivity index (χ0v) is 6.10. The van der Waals surface area contributed by atoms with Crippen molar-refractivity contribution >= 4 is 5.78 Å². The summed E-state index contributed by atoms with van der Waals surface area (Å²) in [4.78, 5) is 11.2. The van der Waals surface area contributed by atoms with Crippen LogP contribution in [0.25, 0.3) is 0 Å². The first-order valence-electron chi connectivity index (χ1n) is 3.61. The second-order valence-electron chi connectivity index (χ2n) is 2.72. The van der Waals surface area contributed by atoms with Crippen LogP contribution in [-0.2, 0) is 4.79 Å². The summed E-state index contributed by atoms with van der Waals surface area (Å²) in [5.74, 6) is 0.465. The molecule has 0 aromatic carbocycles. The lowest BCUT2D eigenvalue weighted by molar-refractivity contribution is -0.121. The third-order valence-corrected chi connectivity index (χ3v) is 2.04. The van der Waals surface area contributed by atoms with E-state index in [2.05, 4.69) is 13.2 Å². The first-order chi connectivity index (χ1) is 4.75. The van der Waals surface area contributed by atoms with Crippen LogP contribution in [0.1, 0.15) is 19.3 Å². The minimum atomic E-state index is 0.196. The molecule has 0 amide bonds. The van der Waals surface area contributed by atoms with Gasteiger partial charge in [0.1, 0.15) is 0 Å². The number of ketones is 1. The van der Waals surface area contributed by atoms with Crippen LogP contribution in [0.2, 0.25) is 0 Å². The van der Waals surface area contributed by atoms with Gasteiger partial charge in [0, 0.05) is 11.5 Å². The molecule has 1 aliphatic carbocycles. The predicted octanol–water partition coefficient (Wildman–Crippen LogP) is 2.10. The number of carbonyl (C=O) groups is 1. The van der Waals surface area contributed by atoms with E-state index in [1.165, 1.54) is 6.42 Å². The molecule has 1 heteroatoms. The van der Waals surface area contributed by atoms with E-state index in [0.29, 0.717) is 5.57 Å². The van der Waals surface area contributed by atoms with Crippen molar-refractivity contribution in [2.24, 2.45) is 5.92 Å². The topological polar surface area (TPSA) is 17.1 Å². The highest BCUT2D eigenvalue weighted by molar-refractivity contribution is 5.99. The van der Waals surface area contributed by atoms with E-state index >= 15 is 0 Å². The standard InChI is InChI=1S/C9H12O/c1-3-7(2)9(10)8-5-4-6-8/h3,8H,1-2,4-6H2. The van der Waals surface area contributed by atoms with Crippen molar-refractivity contribution in [2.45, 2.75) is 19.3 Å². The Morgan fingerprint density at radius 1 is 1.50 bits per heavy atom. The van der Waals surface area contributed by atoms with E-state index in [1.54, 1.807) is 6.08 Å². The van der Waals surface area contributed by atoms with E-state index in [9.17, 15) is 4.79 Å². The average molecular weight is 136 g/mol. The van der Waals surface area contributed by atoms with Crippen LogP contribution in [0, 0.1) is 5.92 Å². The Morgan fingerprint density at radius 2 is 2.10 bits per heavy atom. The molecule has 0 bridgehead atoms. The molecule has 0 atom stereocenters. The smallest absolute Gasteiger partial charge is 0.165 e. The van der Waals surface area contributed by atoms with Gasteiger partial charge in [-0.15, -0.1) is 0 Å². The van der Waals surface area contributed by atoms with E-state index < -0.39 is 0 Å². The second kappa shape index (κ2) is 2.82. The van der Waals surface area contributed by atoms with Gasteiger partial charge in [-0.1, -0.05) is 25.7 Å². The Bertz CT molecular complexity index is 175. The van der Waals surface area contributed by atoms with Crippen molar-refractivity contribution in [1.82, 2.24) is 0 Å². The van der Waals surface area contributed by atoms with E-state index in [0.717, 1.165) is 12.8 Å². The quantitative estimate of drug-likeness (QED) is 0.429. The van der Waals surface area contributed by atoms with E-state index in [4.69, 9.17) is 0 Å². The largest absolute Gasteiger partial charge is 0.294 e. The predicted molar refractivity (Wildman–Crippen MR) is 41.7 cm³/mol. The van der Waals surface area contributed by atoms with Gasteiger partial charge >= 0.3 is 0 Å². The summed E-state index contributed by atoms with van der Waals surface area (Å²) in [6, 6.07) is 0. The molecule has 0 aromatic heterocycles. The Hall–Kier alpha value is -0.850. The maximum atomic E-state index is 11.2. The monoisotopic (exact) mass is 136 g/mol. The van der Waals surface area contributed by atoms with Gasteiger partial charge in [0.2, 0.25) is 0 Å². The van der Waals surface area contributed by atoms with Gasteiger partial charge in [0.05, 0.1) is 0 Å². The van der Waals surface area contributed by atoms with Crippen molar-refractivity contribution in [3.05, 3.63) is 24.8 Å². The summed E-state index contributed by atoms with van der Waals surface area (Å²) in [5, 5.41) is 0. The second-order valence-corrected chi connectivity index (χ2v) is 2.72. The van der Waals surface area contributed by atoms with E-state index in [-0.39, 0.29) is 11.7 Å². The SMILES string of the molecule is C=CC(=C)C(=O)C1CCC1. The van der Waals surface area contributed by atoms with Crippen LogP contribution in [0.15, 0.2) is 24.8 Å². The summed E-state index contributed by atoms with van der Waals surface area (Å²) >= 11 is 0. The fourth-order valence-corrected chi connectivity index (χ4v) is 1.03. The van der Waals surface area contributed by atoms with Crippen molar-refractivity contribution in [1.29, 1.82) is 0 Å². The molecule has 0 aliphatic heterocycles. The molecule has 1 fully saturated rings. The molecule has 0 aromatic rings. The van der Waals surface area contributed by atoms with Crippen LogP contribution >= 0.6 is 0 Å². The maximum absolute atomic E-state index is 11.2. The minimum absolute atomic E-state index is 0.196. The van der Waals surface area contributed by atoms with Gasteiger partial charge in [0.25, 0.3) is 0 Å².